The van der Waals surface area contributed by atoms with Crippen LogP contribution in [0.1, 0.15) is 25.1 Å². The van der Waals surface area contributed by atoms with Crippen molar-refractivity contribution in [2.24, 2.45) is 0 Å². The maximum Gasteiger partial charge on any atom is 0.254 e. The van der Waals surface area contributed by atoms with E-state index in [1.807, 2.05) is 24.3 Å². The molecule has 0 saturated carbocycles. The Morgan fingerprint density at radius 3 is 2.84 bits per heavy atom. The quantitative estimate of drug-likeness (QED) is 0.800. The normalized spacial score (nSPS) is 14.8. The third-order valence-electron chi connectivity index (χ3n) is 3.52. The SMILES string of the molecule is O=c1cc(-c2ccccc2Cl)nc2n1CCCCC2. The number of halogens is 1. The van der Waals surface area contributed by atoms with Crippen LogP contribution in [0.3, 0.4) is 0 Å². The lowest BCUT2D eigenvalue weighted by Gasteiger charge is -2.10. The molecule has 98 valence electrons. The lowest BCUT2D eigenvalue weighted by molar-refractivity contribution is 0.609. The van der Waals surface area contributed by atoms with Gasteiger partial charge in [-0.1, -0.05) is 36.2 Å². The van der Waals surface area contributed by atoms with Crippen molar-refractivity contribution in [3.63, 3.8) is 0 Å². The van der Waals surface area contributed by atoms with Crippen LogP contribution < -0.4 is 5.56 Å². The smallest absolute Gasteiger partial charge is 0.254 e. The average Bonchev–Trinajstić information content (AvgIpc) is 2.65. The van der Waals surface area contributed by atoms with E-state index in [1.54, 1.807) is 10.6 Å². The second-order valence-corrected chi connectivity index (χ2v) is 5.25. The monoisotopic (exact) mass is 274 g/mol. The third-order valence-corrected chi connectivity index (χ3v) is 3.85. The molecule has 0 N–H and O–H groups in total. The number of rotatable bonds is 1. The molecule has 3 rings (SSSR count). The predicted molar refractivity (Wildman–Crippen MR) is 76.5 cm³/mol. The minimum atomic E-state index is 0.0295. The van der Waals surface area contributed by atoms with Crippen LogP contribution in [0.2, 0.25) is 5.02 Å². The molecule has 4 heteroatoms. The van der Waals surface area contributed by atoms with Crippen molar-refractivity contribution in [3.8, 4) is 11.3 Å². The van der Waals surface area contributed by atoms with Crippen LogP contribution in [-0.2, 0) is 13.0 Å². The minimum absolute atomic E-state index is 0.0295. The Morgan fingerprint density at radius 2 is 2.00 bits per heavy atom. The molecule has 0 bridgehead atoms. The van der Waals surface area contributed by atoms with Gasteiger partial charge >= 0.3 is 0 Å². The third kappa shape index (κ3) is 2.43. The van der Waals surface area contributed by atoms with Gasteiger partial charge in [-0.25, -0.2) is 4.98 Å². The van der Waals surface area contributed by atoms with Gasteiger partial charge in [-0.3, -0.25) is 9.36 Å². The summed E-state index contributed by atoms with van der Waals surface area (Å²) in [5, 5.41) is 0.632. The second-order valence-electron chi connectivity index (χ2n) is 4.84. The van der Waals surface area contributed by atoms with Gasteiger partial charge in [0.15, 0.2) is 0 Å². The molecule has 0 aliphatic carbocycles. The van der Waals surface area contributed by atoms with E-state index < -0.39 is 0 Å². The van der Waals surface area contributed by atoms with Crippen LogP contribution in [0.5, 0.6) is 0 Å². The van der Waals surface area contributed by atoms with Crippen molar-refractivity contribution in [2.75, 3.05) is 0 Å². The fourth-order valence-electron chi connectivity index (χ4n) is 2.52. The first-order valence-electron chi connectivity index (χ1n) is 6.61. The van der Waals surface area contributed by atoms with Crippen molar-refractivity contribution < 1.29 is 0 Å². The fourth-order valence-corrected chi connectivity index (χ4v) is 2.75. The molecule has 0 radical (unpaired) electrons. The van der Waals surface area contributed by atoms with Crippen molar-refractivity contribution in [2.45, 2.75) is 32.2 Å². The summed E-state index contributed by atoms with van der Waals surface area (Å²) in [6.07, 6.45) is 4.18. The number of aromatic nitrogens is 2. The molecule has 0 fully saturated rings. The molecule has 0 saturated heterocycles. The molecule has 19 heavy (non-hydrogen) atoms. The van der Waals surface area contributed by atoms with Gasteiger partial charge in [0.1, 0.15) is 5.82 Å². The molecule has 3 nitrogen and oxygen atoms in total. The predicted octanol–water partition coefficient (Wildman–Crippen LogP) is 3.29. The number of benzene rings is 1. The average molecular weight is 275 g/mol. The number of aryl methyl sites for hydroxylation is 1. The zero-order valence-corrected chi connectivity index (χ0v) is 11.4. The summed E-state index contributed by atoms with van der Waals surface area (Å²) < 4.78 is 1.80. The molecule has 0 amide bonds. The molecule has 1 aliphatic heterocycles. The van der Waals surface area contributed by atoms with Gasteiger partial charge in [0.05, 0.1) is 5.69 Å². The Balaban J connectivity index is 2.15. The van der Waals surface area contributed by atoms with Gasteiger partial charge in [-0.2, -0.15) is 0 Å². The Hall–Kier alpha value is -1.61. The first-order valence-corrected chi connectivity index (χ1v) is 6.99. The number of fused-ring (bicyclic) bond motifs is 1. The lowest BCUT2D eigenvalue weighted by Crippen LogP contribution is -2.23. The van der Waals surface area contributed by atoms with Gasteiger partial charge in [0, 0.05) is 29.6 Å². The van der Waals surface area contributed by atoms with Crippen LogP contribution in [0.15, 0.2) is 35.1 Å². The molecule has 0 spiro atoms. The Labute approximate surface area is 116 Å². The first kappa shape index (κ1) is 12.4. The van der Waals surface area contributed by atoms with E-state index in [2.05, 4.69) is 4.98 Å². The zero-order valence-electron chi connectivity index (χ0n) is 10.6. The van der Waals surface area contributed by atoms with Gasteiger partial charge in [-0.15, -0.1) is 0 Å². The molecule has 0 atom stereocenters. The van der Waals surface area contributed by atoms with E-state index in [4.69, 9.17) is 11.6 Å². The summed E-state index contributed by atoms with van der Waals surface area (Å²) in [6, 6.07) is 9.10. The summed E-state index contributed by atoms with van der Waals surface area (Å²) in [6.45, 7) is 0.782. The Kier molecular flexibility index (Phi) is 3.38. The number of nitrogens with zero attached hydrogens (tertiary/aromatic N) is 2. The molecule has 0 unspecified atom stereocenters. The van der Waals surface area contributed by atoms with Crippen LogP contribution in [0.4, 0.5) is 0 Å². The summed E-state index contributed by atoms with van der Waals surface area (Å²) in [4.78, 5) is 16.8. The van der Waals surface area contributed by atoms with Crippen LogP contribution in [-0.4, -0.2) is 9.55 Å². The lowest BCUT2D eigenvalue weighted by atomic mass is 10.1. The molecule has 2 aromatic rings. The van der Waals surface area contributed by atoms with E-state index >= 15 is 0 Å². The number of hydrogen-bond acceptors (Lipinski definition) is 2. The zero-order chi connectivity index (χ0) is 13.2. The highest BCUT2D eigenvalue weighted by molar-refractivity contribution is 6.33. The highest BCUT2D eigenvalue weighted by atomic mass is 35.5. The van der Waals surface area contributed by atoms with Crippen LogP contribution in [0.25, 0.3) is 11.3 Å². The summed E-state index contributed by atoms with van der Waals surface area (Å²) in [5.41, 5.74) is 1.54. The highest BCUT2D eigenvalue weighted by Gasteiger charge is 2.13. The highest BCUT2D eigenvalue weighted by Crippen LogP contribution is 2.25. The standard InChI is InChI=1S/C15H15ClN2O/c16-12-7-4-3-6-11(12)13-10-15(19)18-9-5-1-2-8-14(18)17-13/h3-4,6-7,10H,1-2,5,8-9H2. The summed E-state index contributed by atoms with van der Waals surface area (Å²) in [7, 11) is 0. The van der Waals surface area contributed by atoms with Crippen molar-refractivity contribution >= 4 is 11.6 Å². The Morgan fingerprint density at radius 1 is 1.16 bits per heavy atom. The van der Waals surface area contributed by atoms with Gasteiger partial charge in [-0.05, 0) is 18.9 Å². The van der Waals surface area contributed by atoms with Crippen molar-refractivity contribution in [1.82, 2.24) is 9.55 Å². The van der Waals surface area contributed by atoms with E-state index in [1.165, 1.54) is 0 Å². The largest absolute Gasteiger partial charge is 0.297 e. The van der Waals surface area contributed by atoms with Gasteiger partial charge in [0.25, 0.3) is 5.56 Å². The van der Waals surface area contributed by atoms with Crippen molar-refractivity contribution in [3.05, 3.63) is 51.5 Å². The maximum atomic E-state index is 12.2. The van der Waals surface area contributed by atoms with Crippen molar-refractivity contribution in [1.29, 1.82) is 0 Å². The summed E-state index contributed by atoms with van der Waals surface area (Å²) >= 11 is 6.18. The number of hydrogen-bond donors (Lipinski definition) is 0. The Bertz CT molecular complexity index is 663. The summed E-state index contributed by atoms with van der Waals surface area (Å²) in [5.74, 6) is 0.889. The molecular formula is C15H15ClN2O. The fraction of sp³-hybridized carbons (Fsp3) is 0.333. The molecule has 1 aliphatic rings. The van der Waals surface area contributed by atoms with Gasteiger partial charge in [0.2, 0.25) is 0 Å². The molecular weight excluding hydrogens is 260 g/mol. The first-order chi connectivity index (χ1) is 9.25. The second kappa shape index (κ2) is 5.17. The van der Waals surface area contributed by atoms with E-state index in [9.17, 15) is 4.79 Å². The maximum absolute atomic E-state index is 12.2. The van der Waals surface area contributed by atoms with E-state index in [0.717, 1.165) is 43.6 Å². The topological polar surface area (TPSA) is 34.9 Å². The van der Waals surface area contributed by atoms with Gasteiger partial charge < -0.3 is 0 Å². The minimum Gasteiger partial charge on any atom is -0.297 e. The van der Waals surface area contributed by atoms with E-state index in [-0.39, 0.29) is 5.56 Å². The molecule has 1 aromatic carbocycles. The van der Waals surface area contributed by atoms with Crippen LogP contribution >= 0.6 is 11.6 Å². The van der Waals surface area contributed by atoms with Crippen LogP contribution in [0, 0.1) is 0 Å². The molecule has 2 heterocycles. The van der Waals surface area contributed by atoms with E-state index in [0.29, 0.717) is 10.7 Å². The molecule has 1 aromatic heterocycles.